The van der Waals surface area contributed by atoms with Crippen molar-refractivity contribution in [3.05, 3.63) is 53.7 Å². The number of hydrogen-bond donors (Lipinski definition) is 0. The minimum absolute atomic E-state index is 0.803. The van der Waals surface area contributed by atoms with Gasteiger partial charge in [-0.15, -0.1) is 0 Å². The third-order valence-electron chi connectivity index (χ3n) is 3.20. The lowest BCUT2D eigenvalue weighted by atomic mass is 10.1. The highest BCUT2D eigenvalue weighted by atomic mass is 35.5. The maximum Gasteiger partial charge on any atom is 0.0608 e. The van der Waals surface area contributed by atoms with Crippen molar-refractivity contribution < 1.29 is 0 Å². The molecule has 0 aliphatic carbocycles. The lowest BCUT2D eigenvalue weighted by Gasteiger charge is -1.93. The molecule has 0 saturated heterocycles. The van der Waals surface area contributed by atoms with Crippen LogP contribution in [-0.2, 0) is 0 Å². The van der Waals surface area contributed by atoms with Gasteiger partial charge in [0.15, 0.2) is 0 Å². The van der Waals surface area contributed by atoms with Crippen LogP contribution in [0.1, 0.15) is 0 Å². The summed E-state index contributed by atoms with van der Waals surface area (Å²) in [6.45, 7) is 0. The van der Waals surface area contributed by atoms with Crippen LogP contribution in [0.3, 0.4) is 0 Å². The molecular formula is C14H8ClN. The van der Waals surface area contributed by atoms with E-state index < -0.39 is 0 Å². The molecule has 16 heavy (non-hydrogen) atoms. The molecule has 2 aromatic heterocycles. The second kappa shape index (κ2) is 2.69. The van der Waals surface area contributed by atoms with Crippen molar-refractivity contribution >= 4 is 38.8 Å². The summed E-state index contributed by atoms with van der Waals surface area (Å²) in [7, 11) is 0. The van der Waals surface area contributed by atoms with Gasteiger partial charge in [0.2, 0.25) is 0 Å². The Labute approximate surface area is 97.2 Å². The van der Waals surface area contributed by atoms with Crippen LogP contribution in [-0.4, -0.2) is 4.40 Å². The van der Waals surface area contributed by atoms with Gasteiger partial charge in [-0.2, -0.15) is 0 Å². The molecule has 0 aliphatic heterocycles. The molecule has 0 radical (unpaired) electrons. The Hall–Kier alpha value is -1.73. The zero-order valence-electron chi connectivity index (χ0n) is 8.44. The summed E-state index contributed by atoms with van der Waals surface area (Å²) in [4.78, 5) is 0. The second-order valence-corrected chi connectivity index (χ2v) is 4.53. The number of aromatic nitrogens is 1. The summed E-state index contributed by atoms with van der Waals surface area (Å²) < 4.78 is 2.23. The molecule has 0 atom stereocenters. The summed E-state index contributed by atoms with van der Waals surface area (Å²) in [5.41, 5.74) is 2.51. The van der Waals surface area contributed by atoms with Gasteiger partial charge >= 0.3 is 0 Å². The van der Waals surface area contributed by atoms with Gasteiger partial charge in [-0.05, 0) is 24.3 Å². The van der Waals surface area contributed by atoms with Crippen molar-refractivity contribution in [2.24, 2.45) is 0 Å². The van der Waals surface area contributed by atoms with E-state index in [0.29, 0.717) is 0 Å². The highest BCUT2D eigenvalue weighted by molar-refractivity contribution is 6.33. The van der Waals surface area contributed by atoms with E-state index in [1.165, 1.54) is 27.2 Å². The number of rotatable bonds is 0. The largest absolute Gasteiger partial charge is 0.315 e. The number of nitrogens with zero attached hydrogens (tertiary/aromatic N) is 1. The van der Waals surface area contributed by atoms with E-state index in [-0.39, 0.29) is 0 Å². The van der Waals surface area contributed by atoms with Gasteiger partial charge in [-0.25, -0.2) is 0 Å². The van der Waals surface area contributed by atoms with Crippen LogP contribution in [0.5, 0.6) is 0 Å². The number of benzene rings is 2. The first-order chi connectivity index (χ1) is 7.84. The van der Waals surface area contributed by atoms with E-state index in [1.807, 2.05) is 12.1 Å². The lowest BCUT2D eigenvalue weighted by Crippen LogP contribution is -1.74. The van der Waals surface area contributed by atoms with Crippen LogP contribution in [0.25, 0.3) is 27.2 Å². The molecule has 1 nitrogen and oxygen atoms in total. The number of halogens is 1. The fourth-order valence-electron chi connectivity index (χ4n) is 2.56. The number of hydrogen-bond acceptors (Lipinski definition) is 0. The van der Waals surface area contributed by atoms with E-state index in [0.717, 1.165) is 5.02 Å². The van der Waals surface area contributed by atoms with Crippen LogP contribution >= 0.6 is 11.6 Å². The number of para-hydroxylation sites is 1. The van der Waals surface area contributed by atoms with Crippen LogP contribution in [0.4, 0.5) is 0 Å². The van der Waals surface area contributed by atoms with Crippen LogP contribution in [0.2, 0.25) is 5.02 Å². The summed E-state index contributed by atoms with van der Waals surface area (Å²) in [6, 6.07) is 14.6. The van der Waals surface area contributed by atoms with E-state index in [2.05, 4.69) is 40.9 Å². The lowest BCUT2D eigenvalue weighted by molar-refractivity contribution is 1.30. The smallest absolute Gasteiger partial charge is 0.0608 e. The second-order valence-electron chi connectivity index (χ2n) is 4.09. The molecule has 0 spiro atoms. The van der Waals surface area contributed by atoms with Crippen molar-refractivity contribution in [3.63, 3.8) is 0 Å². The number of fused-ring (bicyclic) bond motifs is 3. The molecule has 0 unspecified atom stereocenters. The van der Waals surface area contributed by atoms with E-state index in [9.17, 15) is 0 Å². The summed E-state index contributed by atoms with van der Waals surface area (Å²) >= 11 is 6.14. The van der Waals surface area contributed by atoms with Gasteiger partial charge in [0, 0.05) is 27.4 Å². The van der Waals surface area contributed by atoms with Gasteiger partial charge < -0.3 is 4.40 Å². The quantitative estimate of drug-likeness (QED) is 0.419. The first kappa shape index (κ1) is 8.43. The normalized spacial score (nSPS) is 12.1. The zero-order valence-corrected chi connectivity index (χ0v) is 9.20. The summed E-state index contributed by atoms with van der Waals surface area (Å²) in [5.74, 6) is 0. The van der Waals surface area contributed by atoms with Gasteiger partial charge in [0.25, 0.3) is 0 Å². The standard InChI is InChI=1S/C14H8ClN/c15-10-7-9-5-6-16-13-4-2-1-3-11(13)12(8-10)14(9)16/h1-8H. The molecule has 2 heterocycles. The van der Waals surface area contributed by atoms with E-state index >= 15 is 0 Å². The Bertz CT molecular complexity index is 813. The average Bonchev–Trinajstić information content (AvgIpc) is 2.83. The van der Waals surface area contributed by atoms with Crippen LogP contribution < -0.4 is 0 Å². The first-order valence-electron chi connectivity index (χ1n) is 5.25. The molecule has 0 N–H and O–H groups in total. The Morgan fingerprint density at radius 1 is 0.938 bits per heavy atom. The maximum atomic E-state index is 6.14. The molecule has 76 valence electrons. The van der Waals surface area contributed by atoms with Gasteiger partial charge in [0.1, 0.15) is 0 Å². The van der Waals surface area contributed by atoms with Crippen molar-refractivity contribution in [2.75, 3.05) is 0 Å². The summed E-state index contributed by atoms with van der Waals surface area (Å²) in [6.07, 6.45) is 2.11. The molecule has 0 bridgehead atoms. The Kier molecular flexibility index (Phi) is 1.41. The predicted octanol–water partition coefficient (Wildman–Crippen LogP) is 4.34. The highest BCUT2D eigenvalue weighted by Crippen LogP contribution is 2.34. The first-order valence-corrected chi connectivity index (χ1v) is 5.63. The Morgan fingerprint density at radius 3 is 2.75 bits per heavy atom. The molecule has 4 rings (SSSR count). The molecule has 0 amide bonds. The molecule has 0 saturated carbocycles. The van der Waals surface area contributed by atoms with Crippen LogP contribution in [0, 0.1) is 0 Å². The van der Waals surface area contributed by atoms with Crippen molar-refractivity contribution in [2.45, 2.75) is 0 Å². The molecular weight excluding hydrogens is 218 g/mol. The van der Waals surface area contributed by atoms with Gasteiger partial charge in [-0.3, -0.25) is 0 Å². The van der Waals surface area contributed by atoms with Crippen molar-refractivity contribution in [1.29, 1.82) is 0 Å². The Morgan fingerprint density at radius 2 is 1.81 bits per heavy atom. The molecule has 0 aliphatic rings. The monoisotopic (exact) mass is 225 g/mol. The molecule has 2 heteroatoms. The van der Waals surface area contributed by atoms with Gasteiger partial charge in [-0.1, -0.05) is 29.8 Å². The molecule has 0 fully saturated rings. The fraction of sp³-hybridized carbons (Fsp3) is 0. The summed E-state index contributed by atoms with van der Waals surface area (Å²) in [5, 5.41) is 4.52. The van der Waals surface area contributed by atoms with Crippen LogP contribution in [0.15, 0.2) is 48.7 Å². The average molecular weight is 226 g/mol. The van der Waals surface area contributed by atoms with E-state index in [4.69, 9.17) is 11.6 Å². The minimum Gasteiger partial charge on any atom is -0.315 e. The van der Waals surface area contributed by atoms with Crippen molar-refractivity contribution in [1.82, 2.24) is 4.40 Å². The third kappa shape index (κ3) is 0.872. The molecule has 2 aromatic carbocycles. The molecule has 4 aromatic rings. The fourth-order valence-corrected chi connectivity index (χ4v) is 2.79. The SMILES string of the molecule is Clc1cc2ccn3c4ccccc4c(c1)c23. The van der Waals surface area contributed by atoms with Crippen molar-refractivity contribution in [3.8, 4) is 0 Å². The highest BCUT2D eigenvalue weighted by Gasteiger charge is 2.11. The van der Waals surface area contributed by atoms with E-state index in [1.54, 1.807) is 0 Å². The predicted molar refractivity (Wildman–Crippen MR) is 68.6 cm³/mol. The third-order valence-corrected chi connectivity index (χ3v) is 3.42. The zero-order chi connectivity index (χ0) is 10.7. The topological polar surface area (TPSA) is 4.41 Å². The minimum atomic E-state index is 0.803. The maximum absolute atomic E-state index is 6.14. The van der Waals surface area contributed by atoms with Gasteiger partial charge in [0.05, 0.1) is 11.0 Å². The Balaban J connectivity index is 2.48.